The van der Waals surface area contributed by atoms with E-state index in [1.807, 2.05) is 13.0 Å². The summed E-state index contributed by atoms with van der Waals surface area (Å²) in [6.45, 7) is 5.10. The number of carbonyl (C=O) groups is 1. The number of carbonyl (C=O) groups excluding carboxylic acids is 1. The summed E-state index contributed by atoms with van der Waals surface area (Å²) in [6.07, 6.45) is 2.87. The van der Waals surface area contributed by atoms with Crippen LogP contribution in [0, 0.1) is 6.92 Å². The molecule has 3 heteroatoms. The minimum absolute atomic E-state index is 0.0936. The maximum absolute atomic E-state index is 12.0. The first-order valence-corrected chi connectivity index (χ1v) is 6.64. The third-order valence-corrected chi connectivity index (χ3v) is 3.59. The van der Waals surface area contributed by atoms with E-state index in [2.05, 4.69) is 30.4 Å². The Morgan fingerprint density at radius 3 is 2.78 bits per heavy atom. The maximum atomic E-state index is 12.0. The van der Waals surface area contributed by atoms with E-state index >= 15 is 0 Å². The second-order valence-corrected chi connectivity index (χ2v) is 5.00. The zero-order valence-electron chi connectivity index (χ0n) is 11.2. The van der Waals surface area contributed by atoms with Crippen molar-refractivity contribution in [2.24, 2.45) is 0 Å². The molecule has 0 bridgehead atoms. The quantitative estimate of drug-likeness (QED) is 0.813. The van der Waals surface area contributed by atoms with Gasteiger partial charge in [0, 0.05) is 6.54 Å². The van der Waals surface area contributed by atoms with Gasteiger partial charge in [-0.15, -0.1) is 0 Å². The Bertz CT molecular complexity index is 424. The third kappa shape index (κ3) is 2.72. The van der Waals surface area contributed by atoms with Crippen molar-refractivity contribution in [3.8, 4) is 0 Å². The van der Waals surface area contributed by atoms with Crippen LogP contribution in [0.4, 0.5) is 0 Å². The van der Waals surface area contributed by atoms with E-state index < -0.39 is 5.54 Å². The lowest BCUT2D eigenvalue weighted by atomic mass is 9.76. The summed E-state index contributed by atoms with van der Waals surface area (Å²) in [5, 5.41) is 3.39. The Kier molecular flexibility index (Phi) is 4.02. The number of aryl methyl sites for hydroxylation is 1. The molecule has 2 rings (SSSR count). The van der Waals surface area contributed by atoms with E-state index in [1.165, 1.54) is 11.1 Å². The van der Waals surface area contributed by atoms with Crippen molar-refractivity contribution in [1.29, 1.82) is 0 Å². The van der Waals surface area contributed by atoms with Gasteiger partial charge in [0.2, 0.25) is 0 Å². The Morgan fingerprint density at radius 2 is 2.22 bits per heavy atom. The second-order valence-electron chi connectivity index (χ2n) is 5.00. The maximum Gasteiger partial charge on any atom is 0.326 e. The Morgan fingerprint density at radius 1 is 1.44 bits per heavy atom. The SMILES string of the molecule is CCOC(=O)C1(NCc2cccc(C)c2)CCC1. The molecule has 0 amide bonds. The lowest BCUT2D eigenvalue weighted by Gasteiger charge is -2.40. The molecule has 98 valence electrons. The topological polar surface area (TPSA) is 38.3 Å². The fourth-order valence-electron chi connectivity index (χ4n) is 2.35. The van der Waals surface area contributed by atoms with Crippen molar-refractivity contribution in [1.82, 2.24) is 5.32 Å². The van der Waals surface area contributed by atoms with E-state index in [1.54, 1.807) is 0 Å². The largest absolute Gasteiger partial charge is 0.465 e. The molecule has 18 heavy (non-hydrogen) atoms. The van der Waals surface area contributed by atoms with Crippen LogP contribution in [0.5, 0.6) is 0 Å². The highest BCUT2D eigenvalue weighted by Crippen LogP contribution is 2.33. The molecule has 1 aromatic carbocycles. The van der Waals surface area contributed by atoms with Gasteiger partial charge in [0.15, 0.2) is 0 Å². The molecule has 1 aliphatic rings. The number of hydrogen-bond acceptors (Lipinski definition) is 3. The normalized spacial score (nSPS) is 17.0. The predicted octanol–water partition coefficient (Wildman–Crippen LogP) is 2.57. The van der Waals surface area contributed by atoms with Crippen LogP contribution >= 0.6 is 0 Å². The summed E-state index contributed by atoms with van der Waals surface area (Å²) in [6, 6.07) is 8.35. The van der Waals surface area contributed by atoms with Gasteiger partial charge in [-0.1, -0.05) is 29.8 Å². The fraction of sp³-hybridized carbons (Fsp3) is 0.533. The minimum atomic E-state index is -0.431. The molecule has 0 spiro atoms. The van der Waals surface area contributed by atoms with E-state index in [0.717, 1.165) is 25.8 Å². The lowest BCUT2D eigenvalue weighted by Crippen LogP contribution is -2.57. The monoisotopic (exact) mass is 247 g/mol. The van der Waals surface area contributed by atoms with Crippen LogP contribution < -0.4 is 5.32 Å². The first-order chi connectivity index (χ1) is 8.66. The molecule has 1 N–H and O–H groups in total. The van der Waals surface area contributed by atoms with Gasteiger partial charge in [-0.3, -0.25) is 10.1 Å². The Balaban J connectivity index is 1.97. The van der Waals surface area contributed by atoms with Gasteiger partial charge in [-0.05, 0) is 38.7 Å². The second kappa shape index (κ2) is 5.53. The summed E-state index contributed by atoms with van der Waals surface area (Å²) in [7, 11) is 0. The van der Waals surface area contributed by atoms with Crippen LogP contribution in [0.1, 0.15) is 37.3 Å². The van der Waals surface area contributed by atoms with Crippen LogP contribution in [-0.4, -0.2) is 18.1 Å². The summed E-state index contributed by atoms with van der Waals surface area (Å²) >= 11 is 0. The zero-order chi connectivity index (χ0) is 13.0. The van der Waals surface area contributed by atoms with Gasteiger partial charge < -0.3 is 4.74 Å². The number of rotatable bonds is 5. The van der Waals surface area contributed by atoms with Gasteiger partial charge in [-0.2, -0.15) is 0 Å². The molecule has 1 aromatic rings. The Labute approximate surface area is 109 Å². The van der Waals surface area contributed by atoms with Gasteiger partial charge in [0.1, 0.15) is 5.54 Å². The predicted molar refractivity (Wildman–Crippen MR) is 71.2 cm³/mol. The van der Waals surface area contributed by atoms with E-state index in [4.69, 9.17) is 4.74 Å². The van der Waals surface area contributed by atoms with Gasteiger partial charge in [-0.25, -0.2) is 0 Å². The molecule has 0 unspecified atom stereocenters. The molecule has 1 fully saturated rings. The number of hydrogen-bond donors (Lipinski definition) is 1. The molecule has 3 nitrogen and oxygen atoms in total. The van der Waals surface area contributed by atoms with Crippen LogP contribution in [-0.2, 0) is 16.1 Å². The van der Waals surface area contributed by atoms with E-state index in [-0.39, 0.29) is 5.97 Å². The summed E-state index contributed by atoms with van der Waals surface area (Å²) < 4.78 is 5.16. The van der Waals surface area contributed by atoms with Crippen molar-refractivity contribution in [2.45, 2.75) is 45.2 Å². The van der Waals surface area contributed by atoms with Crippen molar-refractivity contribution < 1.29 is 9.53 Å². The molecular formula is C15H21NO2. The Hall–Kier alpha value is -1.35. The highest BCUT2D eigenvalue weighted by Gasteiger charge is 2.44. The van der Waals surface area contributed by atoms with Crippen LogP contribution in [0.2, 0.25) is 0 Å². The van der Waals surface area contributed by atoms with Gasteiger partial charge in [0.05, 0.1) is 6.61 Å². The number of ether oxygens (including phenoxy) is 1. The van der Waals surface area contributed by atoms with Crippen LogP contribution in [0.15, 0.2) is 24.3 Å². The third-order valence-electron chi connectivity index (χ3n) is 3.59. The van der Waals surface area contributed by atoms with Crippen molar-refractivity contribution in [2.75, 3.05) is 6.61 Å². The average molecular weight is 247 g/mol. The van der Waals surface area contributed by atoms with Crippen LogP contribution in [0.25, 0.3) is 0 Å². The summed E-state index contributed by atoms with van der Waals surface area (Å²) in [5.74, 6) is -0.0936. The lowest BCUT2D eigenvalue weighted by molar-refractivity contribution is -0.155. The minimum Gasteiger partial charge on any atom is -0.465 e. The molecule has 1 saturated carbocycles. The van der Waals surface area contributed by atoms with E-state index in [0.29, 0.717) is 6.61 Å². The van der Waals surface area contributed by atoms with Crippen LogP contribution in [0.3, 0.4) is 0 Å². The smallest absolute Gasteiger partial charge is 0.326 e. The molecule has 0 aromatic heterocycles. The van der Waals surface area contributed by atoms with Crippen molar-refractivity contribution in [3.63, 3.8) is 0 Å². The molecule has 0 saturated heterocycles. The summed E-state index contributed by atoms with van der Waals surface area (Å²) in [5.41, 5.74) is 2.03. The van der Waals surface area contributed by atoms with Gasteiger partial charge >= 0.3 is 5.97 Å². The molecule has 0 atom stereocenters. The first kappa shape index (κ1) is 13.1. The summed E-state index contributed by atoms with van der Waals surface area (Å²) in [4.78, 5) is 12.0. The average Bonchev–Trinajstić information content (AvgIpc) is 2.28. The highest BCUT2D eigenvalue weighted by atomic mass is 16.5. The highest BCUT2D eigenvalue weighted by molar-refractivity contribution is 5.82. The molecule has 1 aliphatic carbocycles. The molecule has 0 aliphatic heterocycles. The van der Waals surface area contributed by atoms with Crippen molar-refractivity contribution >= 4 is 5.97 Å². The molecule has 0 radical (unpaired) electrons. The number of benzene rings is 1. The number of esters is 1. The van der Waals surface area contributed by atoms with Crippen molar-refractivity contribution in [3.05, 3.63) is 35.4 Å². The number of nitrogens with one attached hydrogen (secondary N) is 1. The zero-order valence-corrected chi connectivity index (χ0v) is 11.2. The fourth-order valence-corrected chi connectivity index (χ4v) is 2.35. The molecular weight excluding hydrogens is 226 g/mol. The standard InChI is InChI=1S/C15H21NO2/c1-3-18-14(17)15(8-5-9-15)16-11-13-7-4-6-12(2)10-13/h4,6-7,10,16H,3,5,8-9,11H2,1-2H3. The van der Waals surface area contributed by atoms with Gasteiger partial charge in [0.25, 0.3) is 0 Å². The van der Waals surface area contributed by atoms with E-state index in [9.17, 15) is 4.79 Å². The first-order valence-electron chi connectivity index (χ1n) is 6.64. The molecule has 0 heterocycles.